The molecule has 0 atom stereocenters. The van der Waals surface area contributed by atoms with Crippen molar-refractivity contribution in [2.75, 3.05) is 44.8 Å². The molecule has 9 nitrogen and oxygen atoms in total. The highest BCUT2D eigenvalue weighted by molar-refractivity contribution is 5.99. The molecule has 0 radical (unpaired) electrons. The summed E-state index contributed by atoms with van der Waals surface area (Å²) in [5, 5.41) is 8.39. The average molecular weight is 517 g/mol. The number of benzene rings is 2. The van der Waals surface area contributed by atoms with E-state index in [2.05, 4.69) is 20.1 Å². The van der Waals surface area contributed by atoms with E-state index in [-0.39, 0.29) is 12.5 Å². The third kappa shape index (κ3) is 4.24. The first kappa shape index (κ1) is 24.3. The summed E-state index contributed by atoms with van der Waals surface area (Å²) in [5.41, 5.74) is 4.42. The van der Waals surface area contributed by atoms with Crippen LogP contribution in [0.25, 0.3) is 33.4 Å². The number of hydrogen-bond donors (Lipinski definition) is 0. The number of amides is 1. The van der Waals surface area contributed by atoms with Gasteiger partial charge in [0.2, 0.25) is 0 Å². The van der Waals surface area contributed by atoms with Crippen LogP contribution in [0.4, 0.5) is 10.1 Å². The maximum Gasteiger partial charge on any atom is 0.265 e. The molecule has 1 fully saturated rings. The summed E-state index contributed by atoms with van der Waals surface area (Å²) in [5.74, 6) is 0.487. The molecule has 10 heteroatoms. The Balaban J connectivity index is 1.40. The van der Waals surface area contributed by atoms with Gasteiger partial charge in [-0.15, -0.1) is 5.10 Å². The smallest absolute Gasteiger partial charge is 0.265 e. The van der Waals surface area contributed by atoms with E-state index in [0.29, 0.717) is 52.6 Å². The fourth-order valence-corrected chi connectivity index (χ4v) is 5.31. The van der Waals surface area contributed by atoms with Gasteiger partial charge in [-0.25, -0.2) is 9.37 Å². The van der Waals surface area contributed by atoms with Crippen LogP contribution in [-0.2, 0) is 11.3 Å². The van der Waals surface area contributed by atoms with Gasteiger partial charge in [-0.1, -0.05) is 6.07 Å². The second-order valence-electron chi connectivity index (χ2n) is 9.56. The van der Waals surface area contributed by atoms with Crippen LogP contribution in [0.5, 0.6) is 11.5 Å². The molecule has 6 rings (SSSR count). The van der Waals surface area contributed by atoms with E-state index >= 15 is 4.39 Å². The highest BCUT2D eigenvalue weighted by Crippen LogP contribution is 2.44. The molecule has 0 unspecified atom stereocenters. The Hall–Kier alpha value is -4.05. The SMILES string of the molecule is CCn1cnc2c(-c3ccc(F)c(-c4cc5c(cc4OC)N(CCN4CCCC4)C(=O)CO5)c3)cnnc21. The van der Waals surface area contributed by atoms with Gasteiger partial charge in [0.05, 0.1) is 25.3 Å². The molecule has 1 saturated heterocycles. The molecule has 0 saturated carbocycles. The van der Waals surface area contributed by atoms with E-state index in [1.54, 1.807) is 48.8 Å². The maximum absolute atomic E-state index is 15.3. The summed E-state index contributed by atoms with van der Waals surface area (Å²) in [6, 6.07) is 8.44. The topological polar surface area (TPSA) is 85.6 Å². The standard InChI is InChI=1S/C28H29FN6O3/c1-3-34-17-30-27-21(15-31-32-28(27)34)18-6-7-22(29)19(12-18)20-13-25-23(14-24(20)37-2)35(26(36)16-38-25)11-10-33-8-4-5-9-33/h6-7,12-15,17H,3-5,8-11,16H2,1-2H3. The van der Waals surface area contributed by atoms with Crippen LogP contribution >= 0.6 is 0 Å². The molecule has 2 aromatic heterocycles. The van der Waals surface area contributed by atoms with E-state index in [9.17, 15) is 4.79 Å². The first-order chi connectivity index (χ1) is 18.6. The van der Waals surface area contributed by atoms with Crippen LogP contribution < -0.4 is 14.4 Å². The van der Waals surface area contributed by atoms with E-state index in [1.165, 1.54) is 18.9 Å². The van der Waals surface area contributed by atoms with Crippen LogP contribution in [0.15, 0.2) is 42.9 Å². The lowest BCUT2D eigenvalue weighted by atomic mass is 9.97. The van der Waals surface area contributed by atoms with Crippen molar-refractivity contribution in [3.63, 3.8) is 0 Å². The second-order valence-corrected chi connectivity index (χ2v) is 9.56. The molecule has 0 spiro atoms. The molecule has 0 bridgehead atoms. The molecule has 0 N–H and O–H groups in total. The van der Waals surface area contributed by atoms with Crippen molar-refractivity contribution in [1.29, 1.82) is 0 Å². The number of ether oxygens (including phenoxy) is 2. The Bertz CT molecular complexity index is 1510. The van der Waals surface area contributed by atoms with Gasteiger partial charge >= 0.3 is 0 Å². The molecular formula is C28H29FN6O3. The molecule has 1 amide bonds. The monoisotopic (exact) mass is 516 g/mol. The number of aromatic nitrogens is 4. The summed E-state index contributed by atoms with van der Waals surface area (Å²) in [7, 11) is 1.54. The minimum Gasteiger partial charge on any atom is -0.496 e. The number of methoxy groups -OCH3 is 1. The number of nitrogens with zero attached hydrogens (tertiary/aromatic N) is 6. The highest BCUT2D eigenvalue weighted by atomic mass is 19.1. The van der Waals surface area contributed by atoms with Crippen molar-refractivity contribution in [2.45, 2.75) is 26.3 Å². The maximum atomic E-state index is 15.3. The van der Waals surface area contributed by atoms with Crippen LogP contribution in [0.2, 0.25) is 0 Å². The van der Waals surface area contributed by atoms with E-state index in [4.69, 9.17) is 9.47 Å². The van der Waals surface area contributed by atoms with Crippen LogP contribution in [0, 0.1) is 5.82 Å². The largest absolute Gasteiger partial charge is 0.496 e. The number of fused-ring (bicyclic) bond motifs is 2. The van der Waals surface area contributed by atoms with Gasteiger partial charge in [-0.05, 0) is 56.6 Å². The van der Waals surface area contributed by atoms with E-state index in [1.807, 2.05) is 11.5 Å². The van der Waals surface area contributed by atoms with Crippen LogP contribution in [-0.4, -0.2) is 70.5 Å². The van der Waals surface area contributed by atoms with Gasteiger partial charge in [0.15, 0.2) is 12.3 Å². The lowest BCUT2D eigenvalue weighted by Gasteiger charge is -2.31. The summed E-state index contributed by atoms with van der Waals surface area (Å²) in [6.45, 7) is 6.15. The Morgan fingerprint density at radius 3 is 2.71 bits per heavy atom. The number of hydrogen-bond acceptors (Lipinski definition) is 7. The molecule has 38 heavy (non-hydrogen) atoms. The summed E-state index contributed by atoms with van der Waals surface area (Å²) in [4.78, 5) is 21.4. The highest BCUT2D eigenvalue weighted by Gasteiger charge is 2.29. The number of anilines is 1. The lowest BCUT2D eigenvalue weighted by molar-refractivity contribution is -0.121. The van der Waals surface area contributed by atoms with Gasteiger partial charge in [-0.2, -0.15) is 5.10 Å². The molecule has 2 aromatic carbocycles. The zero-order valence-electron chi connectivity index (χ0n) is 21.5. The van der Waals surface area contributed by atoms with Gasteiger partial charge in [-0.3, -0.25) is 4.79 Å². The van der Waals surface area contributed by atoms with Crippen molar-refractivity contribution in [3.8, 4) is 33.8 Å². The number of halogens is 1. The van der Waals surface area contributed by atoms with Gasteiger partial charge in [0.1, 0.15) is 22.8 Å². The van der Waals surface area contributed by atoms with Crippen LogP contribution in [0.1, 0.15) is 19.8 Å². The molecular weight excluding hydrogens is 487 g/mol. The van der Waals surface area contributed by atoms with Crippen LogP contribution in [0.3, 0.4) is 0 Å². The predicted octanol–water partition coefficient (Wildman–Crippen LogP) is 4.15. The zero-order valence-corrected chi connectivity index (χ0v) is 21.5. The van der Waals surface area contributed by atoms with Gasteiger partial charge in [0, 0.05) is 42.4 Å². The molecule has 4 aromatic rings. The number of carbonyl (C=O) groups excluding carboxylic acids is 1. The lowest BCUT2D eigenvalue weighted by Crippen LogP contribution is -2.43. The number of aryl methyl sites for hydroxylation is 1. The predicted molar refractivity (Wildman–Crippen MR) is 142 cm³/mol. The van der Waals surface area contributed by atoms with E-state index < -0.39 is 5.82 Å². The zero-order chi connectivity index (χ0) is 26.2. The second kappa shape index (κ2) is 10.0. The number of likely N-dealkylation sites (tertiary alicyclic amines) is 1. The van der Waals surface area contributed by atoms with Crippen molar-refractivity contribution in [3.05, 3.63) is 48.7 Å². The number of carbonyl (C=O) groups is 1. The summed E-state index contributed by atoms with van der Waals surface area (Å²) < 4.78 is 28.7. The Morgan fingerprint density at radius 1 is 1.08 bits per heavy atom. The first-order valence-electron chi connectivity index (χ1n) is 12.9. The third-order valence-corrected chi connectivity index (χ3v) is 7.38. The minimum atomic E-state index is -0.401. The normalized spacial score (nSPS) is 15.7. The Labute approximate surface area is 219 Å². The van der Waals surface area contributed by atoms with Gasteiger partial charge < -0.3 is 23.8 Å². The Morgan fingerprint density at radius 2 is 1.92 bits per heavy atom. The number of imidazole rings is 1. The fourth-order valence-electron chi connectivity index (χ4n) is 5.31. The van der Waals surface area contributed by atoms with Crippen molar-refractivity contribution in [1.82, 2.24) is 24.6 Å². The molecule has 2 aliphatic rings. The first-order valence-corrected chi connectivity index (χ1v) is 12.9. The van der Waals surface area contributed by atoms with Crippen molar-refractivity contribution in [2.24, 2.45) is 0 Å². The Kier molecular flexibility index (Phi) is 6.40. The molecule has 4 heterocycles. The summed E-state index contributed by atoms with van der Waals surface area (Å²) in [6.07, 6.45) is 5.76. The molecule has 2 aliphatic heterocycles. The van der Waals surface area contributed by atoms with Gasteiger partial charge in [0.25, 0.3) is 5.91 Å². The quantitative estimate of drug-likeness (QED) is 0.365. The molecule has 0 aliphatic carbocycles. The number of rotatable bonds is 7. The van der Waals surface area contributed by atoms with E-state index in [0.717, 1.165) is 30.8 Å². The average Bonchev–Trinajstić information content (AvgIpc) is 3.62. The minimum absolute atomic E-state index is 0.0535. The summed E-state index contributed by atoms with van der Waals surface area (Å²) >= 11 is 0. The van der Waals surface area contributed by atoms with Crippen molar-refractivity contribution < 1.29 is 18.7 Å². The third-order valence-electron chi connectivity index (χ3n) is 7.38. The van der Waals surface area contributed by atoms with Crippen molar-refractivity contribution >= 4 is 22.8 Å². The fraction of sp³-hybridized carbons (Fsp3) is 0.357. The molecule has 196 valence electrons.